The van der Waals surface area contributed by atoms with Crippen molar-refractivity contribution >= 4 is 11.7 Å². The summed E-state index contributed by atoms with van der Waals surface area (Å²) in [6.45, 7) is 7.66. The van der Waals surface area contributed by atoms with Crippen LogP contribution in [0.3, 0.4) is 0 Å². The molecule has 0 amide bonds. The number of esters is 1. The van der Waals surface area contributed by atoms with Crippen LogP contribution in [0, 0.1) is 0 Å². The fourth-order valence-corrected chi connectivity index (χ4v) is 1.65. The first kappa shape index (κ1) is 13.5. The molecule has 2 N–H and O–H groups in total. The molecule has 4 heteroatoms. The number of anilines is 1. The smallest absolute Gasteiger partial charge is 0.339 e. The van der Waals surface area contributed by atoms with E-state index in [2.05, 4.69) is 4.90 Å². The highest BCUT2D eigenvalue weighted by Gasteiger charge is 2.15. The highest BCUT2D eigenvalue weighted by atomic mass is 16.6. The van der Waals surface area contributed by atoms with Gasteiger partial charge in [-0.15, -0.1) is 0 Å². The number of nitrogens with two attached hydrogens (primary N) is 1. The molecule has 1 atom stereocenters. The van der Waals surface area contributed by atoms with Gasteiger partial charge < -0.3 is 10.5 Å². The Labute approximate surface area is 102 Å². The van der Waals surface area contributed by atoms with Gasteiger partial charge in [0.15, 0.2) is 6.23 Å². The van der Waals surface area contributed by atoms with E-state index in [1.807, 2.05) is 20.8 Å². The first-order valence-electron chi connectivity index (χ1n) is 5.89. The Bertz CT molecular complexity index is 358. The summed E-state index contributed by atoms with van der Waals surface area (Å²) >= 11 is 0. The third-order valence-corrected chi connectivity index (χ3v) is 2.75. The van der Waals surface area contributed by atoms with E-state index in [4.69, 9.17) is 10.5 Å². The van der Waals surface area contributed by atoms with Crippen LogP contribution < -0.4 is 5.73 Å². The molecular weight excluding hydrogens is 216 g/mol. The molecule has 1 rings (SSSR count). The second-order valence-electron chi connectivity index (χ2n) is 3.85. The lowest BCUT2D eigenvalue weighted by molar-refractivity contribution is -0.0196. The zero-order valence-electron chi connectivity index (χ0n) is 10.6. The van der Waals surface area contributed by atoms with Gasteiger partial charge >= 0.3 is 5.97 Å². The lowest BCUT2D eigenvalue weighted by atomic mass is 10.2. The quantitative estimate of drug-likeness (QED) is 0.483. The Morgan fingerprint density at radius 1 is 1.29 bits per heavy atom. The number of carbonyl (C=O) groups is 1. The molecule has 0 aromatic heterocycles. The predicted octanol–water partition coefficient (Wildman–Crippen LogP) is 2.11. The van der Waals surface area contributed by atoms with Gasteiger partial charge in [0.05, 0.1) is 5.56 Å². The molecule has 1 unspecified atom stereocenters. The van der Waals surface area contributed by atoms with Crippen molar-refractivity contribution in [3.8, 4) is 0 Å². The van der Waals surface area contributed by atoms with Gasteiger partial charge in [0.2, 0.25) is 0 Å². The number of ether oxygens (including phenoxy) is 1. The summed E-state index contributed by atoms with van der Waals surface area (Å²) in [6.07, 6.45) is -0.213. The van der Waals surface area contributed by atoms with E-state index in [1.54, 1.807) is 24.3 Å². The van der Waals surface area contributed by atoms with Crippen molar-refractivity contribution in [3.05, 3.63) is 29.8 Å². The molecular formula is C13H20N2O2. The fraction of sp³-hybridized carbons (Fsp3) is 0.462. The normalized spacial score (nSPS) is 12.5. The van der Waals surface area contributed by atoms with Crippen molar-refractivity contribution in [2.45, 2.75) is 27.0 Å². The van der Waals surface area contributed by atoms with Crippen LogP contribution in [-0.4, -0.2) is 30.2 Å². The van der Waals surface area contributed by atoms with E-state index < -0.39 is 0 Å². The molecule has 0 radical (unpaired) electrons. The topological polar surface area (TPSA) is 55.6 Å². The van der Waals surface area contributed by atoms with Gasteiger partial charge in [-0.1, -0.05) is 13.8 Å². The van der Waals surface area contributed by atoms with Crippen LogP contribution in [0.4, 0.5) is 5.69 Å². The van der Waals surface area contributed by atoms with Crippen LogP contribution in [0.1, 0.15) is 31.1 Å². The largest absolute Gasteiger partial charge is 0.443 e. The number of nitrogen functional groups attached to an aromatic ring is 1. The van der Waals surface area contributed by atoms with E-state index in [-0.39, 0.29) is 12.2 Å². The van der Waals surface area contributed by atoms with Crippen molar-refractivity contribution in [1.29, 1.82) is 0 Å². The number of hydrogen-bond donors (Lipinski definition) is 1. The predicted molar refractivity (Wildman–Crippen MR) is 68.7 cm³/mol. The Hall–Kier alpha value is -1.55. The standard InChI is InChI=1S/C13H20N2O2/c1-4-15(5-2)10(3)17-13(16)11-6-8-12(14)9-7-11/h6-10H,4-5,14H2,1-3H3. The second-order valence-corrected chi connectivity index (χ2v) is 3.85. The summed E-state index contributed by atoms with van der Waals surface area (Å²) in [5, 5.41) is 0. The third kappa shape index (κ3) is 3.75. The third-order valence-electron chi connectivity index (χ3n) is 2.75. The van der Waals surface area contributed by atoms with E-state index in [0.717, 1.165) is 13.1 Å². The molecule has 17 heavy (non-hydrogen) atoms. The lowest BCUT2D eigenvalue weighted by Crippen LogP contribution is -2.36. The molecule has 0 aliphatic rings. The highest BCUT2D eigenvalue weighted by Crippen LogP contribution is 2.09. The average Bonchev–Trinajstić information content (AvgIpc) is 2.31. The summed E-state index contributed by atoms with van der Waals surface area (Å²) in [5.41, 5.74) is 6.72. The van der Waals surface area contributed by atoms with E-state index in [0.29, 0.717) is 11.3 Å². The maximum Gasteiger partial charge on any atom is 0.339 e. The average molecular weight is 236 g/mol. The molecule has 1 aromatic rings. The van der Waals surface area contributed by atoms with Gasteiger partial charge in [0.1, 0.15) is 0 Å². The van der Waals surface area contributed by atoms with E-state index in [9.17, 15) is 4.79 Å². The van der Waals surface area contributed by atoms with Gasteiger partial charge in [-0.05, 0) is 44.3 Å². The molecule has 94 valence electrons. The van der Waals surface area contributed by atoms with Gasteiger partial charge in [-0.3, -0.25) is 4.90 Å². The Morgan fingerprint density at radius 3 is 2.29 bits per heavy atom. The summed E-state index contributed by atoms with van der Waals surface area (Å²) in [6, 6.07) is 6.73. The van der Waals surface area contributed by atoms with Crippen molar-refractivity contribution in [2.24, 2.45) is 0 Å². The second kappa shape index (κ2) is 6.25. The first-order valence-corrected chi connectivity index (χ1v) is 5.89. The first-order chi connectivity index (χ1) is 8.08. The molecule has 0 heterocycles. The number of benzene rings is 1. The van der Waals surface area contributed by atoms with Crippen molar-refractivity contribution < 1.29 is 9.53 Å². The van der Waals surface area contributed by atoms with Crippen molar-refractivity contribution in [2.75, 3.05) is 18.8 Å². The molecule has 0 saturated heterocycles. The van der Waals surface area contributed by atoms with Gasteiger partial charge in [-0.2, -0.15) is 0 Å². The van der Waals surface area contributed by atoms with Crippen molar-refractivity contribution in [1.82, 2.24) is 4.90 Å². The molecule has 0 saturated carbocycles. The zero-order valence-corrected chi connectivity index (χ0v) is 10.6. The SMILES string of the molecule is CCN(CC)C(C)OC(=O)c1ccc(N)cc1. The number of hydrogen-bond acceptors (Lipinski definition) is 4. The number of carbonyl (C=O) groups excluding carboxylic acids is 1. The van der Waals surface area contributed by atoms with Crippen LogP contribution in [-0.2, 0) is 4.74 Å². The number of rotatable bonds is 5. The van der Waals surface area contributed by atoms with Gasteiger partial charge in [0.25, 0.3) is 0 Å². The summed E-state index contributed by atoms with van der Waals surface area (Å²) in [4.78, 5) is 13.9. The summed E-state index contributed by atoms with van der Waals surface area (Å²) in [5.74, 6) is -0.315. The van der Waals surface area contributed by atoms with Crippen molar-refractivity contribution in [3.63, 3.8) is 0 Å². The molecule has 0 aliphatic heterocycles. The highest BCUT2D eigenvalue weighted by molar-refractivity contribution is 5.89. The summed E-state index contributed by atoms with van der Waals surface area (Å²) < 4.78 is 5.37. The molecule has 4 nitrogen and oxygen atoms in total. The van der Waals surface area contributed by atoms with E-state index >= 15 is 0 Å². The molecule has 0 aliphatic carbocycles. The number of nitrogens with zero attached hydrogens (tertiary/aromatic N) is 1. The minimum Gasteiger partial charge on any atom is -0.443 e. The Balaban J connectivity index is 2.62. The monoisotopic (exact) mass is 236 g/mol. The van der Waals surface area contributed by atoms with Crippen LogP contribution >= 0.6 is 0 Å². The van der Waals surface area contributed by atoms with Crippen LogP contribution in [0.2, 0.25) is 0 Å². The molecule has 1 aromatic carbocycles. The lowest BCUT2D eigenvalue weighted by Gasteiger charge is -2.25. The maximum atomic E-state index is 11.8. The maximum absolute atomic E-state index is 11.8. The minimum atomic E-state index is -0.315. The van der Waals surface area contributed by atoms with Crippen LogP contribution in [0.25, 0.3) is 0 Å². The van der Waals surface area contributed by atoms with Gasteiger partial charge in [0, 0.05) is 5.69 Å². The fourth-order valence-electron chi connectivity index (χ4n) is 1.65. The van der Waals surface area contributed by atoms with Gasteiger partial charge in [-0.25, -0.2) is 4.79 Å². The Kier molecular flexibility index (Phi) is 4.97. The van der Waals surface area contributed by atoms with Crippen LogP contribution in [0.5, 0.6) is 0 Å². The van der Waals surface area contributed by atoms with Crippen LogP contribution in [0.15, 0.2) is 24.3 Å². The molecule has 0 bridgehead atoms. The minimum absolute atomic E-state index is 0.213. The molecule has 0 spiro atoms. The summed E-state index contributed by atoms with van der Waals surface area (Å²) in [7, 11) is 0. The Morgan fingerprint density at radius 2 is 1.82 bits per heavy atom. The van der Waals surface area contributed by atoms with E-state index in [1.165, 1.54) is 0 Å². The molecule has 0 fully saturated rings. The zero-order chi connectivity index (χ0) is 12.8.